The molecule has 41 heavy (non-hydrogen) atoms. The summed E-state index contributed by atoms with van der Waals surface area (Å²) in [4.78, 5) is 4.71. The molecule has 1 N–H and O–H groups in total. The molecule has 1 aliphatic rings. The van der Waals surface area contributed by atoms with Crippen LogP contribution in [-0.2, 0) is 17.4 Å². The average Bonchev–Trinajstić information content (AvgIpc) is 3.46. The van der Waals surface area contributed by atoms with Crippen LogP contribution in [-0.4, -0.2) is 49.0 Å². The second-order valence-corrected chi connectivity index (χ2v) is 10.8. The van der Waals surface area contributed by atoms with Gasteiger partial charge in [0.25, 0.3) is 0 Å². The molecule has 2 aromatic carbocycles. The maximum atomic E-state index is 16.6. The maximum Gasteiger partial charge on any atom is 0.421 e. The Hall–Kier alpha value is -3.83. The Morgan fingerprint density at radius 3 is 2.41 bits per heavy atom. The molecule has 5 aromatic rings. The van der Waals surface area contributed by atoms with Crippen LogP contribution in [0.3, 0.4) is 0 Å². The standard InChI is InChI=1S/C30H29F4N5O2/c1-17-26(38(3)37-36-17)20-15-23-25(35-16-20)21-9-10-22(29(2,40)30(32,33)34)24(31)28(21)39(23)27(18-7-5-4-6-8-18)19-11-13-41-14-12-19/h4-10,15-16,19,27,40H,11-14H2,1-3H3/t27-,29+/m1/s1. The zero-order chi connectivity index (χ0) is 29.1. The van der Waals surface area contributed by atoms with Crippen LogP contribution in [0.1, 0.15) is 42.6 Å². The third-order valence-electron chi connectivity index (χ3n) is 8.22. The summed E-state index contributed by atoms with van der Waals surface area (Å²) in [7, 11) is 1.76. The van der Waals surface area contributed by atoms with Crippen molar-refractivity contribution in [3.05, 3.63) is 77.4 Å². The van der Waals surface area contributed by atoms with Crippen LogP contribution in [0, 0.1) is 18.7 Å². The van der Waals surface area contributed by atoms with Gasteiger partial charge >= 0.3 is 6.18 Å². The second kappa shape index (κ2) is 9.92. The fourth-order valence-electron chi connectivity index (χ4n) is 6.07. The smallest absolute Gasteiger partial charge is 0.381 e. The van der Waals surface area contributed by atoms with Crippen molar-refractivity contribution in [2.45, 2.75) is 44.5 Å². The molecule has 2 atom stereocenters. The van der Waals surface area contributed by atoms with Gasteiger partial charge in [-0.15, -0.1) is 5.10 Å². The van der Waals surface area contributed by atoms with E-state index in [1.54, 1.807) is 22.5 Å². The van der Waals surface area contributed by atoms with Crippen LogP contribution in [0.4, 0.5) is 17.6 Å². The van der Waals surface area contributed by atoms with Gasteiger partial charge in [0.1, 0.15) is 0 Å². The predicted molar refractivity (Wildman–Crippen MR) is 146 cm³/mol. The van der Waals surface area contributed by atoms with Crippen LogP contribution in [0.2, 0.25) is 0 Å². The highest BCUT2D eigenvalue weighted by molar-refractivity contribution is 6.07. The third kappa shape index (κ3) is 4.38. The Bertz CT molecular complexity index is 1720. The molecule has 11 heteroatoms. The summed E-state index contributed by atoms with van der Waals surface area (Å²) < 4.78 is 67.4. The Balaban J connectivity index is 1.73. The van der Waals surface area contributed by atoms with E-state index in [-0.39, 0.29) is 11.4 Å². The van der Waals surface area contributed by atoms with E-state index in [0.29, 0.717) is 60.7 Å². The van der Waals surface area contributed by atoms with E-state index in [1.807, 2.05) is 43.3 Å². The molecule has 0 saturated carbocycles. The van der Waals surface area contributed by atoms with Crippen LogP contribution < -0.4 is 0 Å². The van der Waals surface area contributed by atoms with E-state index < -0.39 is 29.2 Å². The van der Waals surface area contributed by atoms with Crippen molar-refractivity contribution in [3.8, 4) is 11.3 Å². The molecule has 7 nitrogen and oxygen atoms in total. The van der Waals surface area contributed by atoms with Gasteiger partial charge in [0.15, 0.2) is 11.4 Å². The van der Waals surface area contributed by atoms with Gasteiger partial charge in [-0.2, -0.15) is 13.2 Å². The van der Waals surface area contributed by atoms with Crippen molar-refractivity contribution in [3.63, 3.8) is 0 Å². The number of alkyl halides is 3. The van der Waals surface area contributed by atoms with E-state index in [0.717, 1.165) is 17.3 Å². The molecule has 6 rings (SSSR count). The SMILES string of the molecule is Cc1nnn(C)c1-c1cnc2c3ccc([C@](C)(O)C(F)(F)F)c(F)c3n([C@H](c3ccccc3)C3CCOCC3)c2c1. The lowest BCUT2D eigenvalue weighted by Crippen LogP contribution is -2.40. The summed E-state index contributed by atoms with van der Waals surface area (Å²) in [5.41, 5.74) is -0.303. The first-order valence-electron chi connectivity index (χ1n) is 13.4. The average molecular weight is 568 g/mol. The fourth-order valence-corrected chi connectivity index (χ4v) is 6.07. The summed E-state index contributed by atoms with van der Waals surface area (Å²) in [5, 5.41) is 19.1. The van der Waals surface area contributed by atoms with E-state index in [9.17, 15) is 18.3 Å². The van der Waals surface area contributed by atoms with Crippen molar-refractivity contribution in [2.24, 2.45) is 13.0 Å². The third-order valence-corrected chi connectivity index (χ3v) is 8.22. The summed E-state index contributed by atoms with van der Waals surface area (Å²) in [5.74, 6) is -1.13. The maximum absolute atomic E-state index is 16.6. The van der Waals surface area contributed by atoms with Gasteiger partial charge in [-0.05, 0) is 44.2 Å². The van der Waals surface area contributed by atoms with Crippen molar-refractivity contribution >= 4 is 21.9 Å². The van der Waals surface area contributed by atoms with Crippen LogP contribution in [0.5, 0.6) is 0 Å². The van der Waals surface area contributed by atoms with Crippen LogP contribution in [0.25, 0.3) is 33.2 Å². The van der Waals surface area contributed by atoms with Gasteiger partial charge in [-0.1, -0.05) is 47.7 Å². The number of ether oxygens (including phenoxy) is 1. The zero-order valence-corrected chi connectivity index (χ0v) is 22.8. The predicted octanol–water partition coefficient (Wildman–Crippen LogP) is 6.22. The van der Waals surface area contributed by atoms with E-state index >= 15 is 4.39 Å². The molecule has 0 unspecified atom stereocenters. The Labute approximate surface area is 233 Å². The quantitative estimate of drug-likeness (QED) is 0.255. The van der Waals surface area contributed by atoms with Crippen molar-refractivity contribution < 1.29 is 27.4 Å². The van der Waals surface area contributed by atoms with Gasteiger partial charge in [0.05, 0.1) is 34.0 Å². The summed E-state index contributed by atoms with van der Waals surface area (Å²) >= 11 is 0. The molecule has 0 amide bonds. The fraction of sp³-hybridized carbons (Fsp3) is 0.367. The lowest BCUT2D eigenvalue weighted by Gasteiger charge is -2.33. The lowest BCUT2D eigenvalue weighted by atomic mass is 9.86. The molecule has 0 radical (unpaired) electrons. The minimum Gasteiger partial charge on any atom is -0.381 e. The molecule has 1 aliphatic heterocycles. The number of aromatic nitrogens is 5. The summed E-state index contributed by atoms with van der Waals surface area (Å²) in [6.45, 7) is 3.43. The van der Waals surface area contributed by atoms with E-state index in [1.165, 1.54) is 6.07 Å². The topological polar surface area (TPSA) is 78.0 Å². The molecule has 4 heterocycles. The molecule has 1 fully saturated rings. The normalized spacial score (nSPS) is 17.3. The van der Waals surface area contributed by atoms with Crippen molar-refractivity contribution in [2.75, 3.05) is 13.2 Å². The number of aliphatic hydroxyl groups is 1. The van der Waals surface area contributed by atoms with Crippen LogP contribution in [0.15, 0.2) is 54.7 Å². The number of hydrogen-bond acceptors (Lipinski definition) is 5. The van der Waals surface area contributed by atoms with E-state index in [4.69, 9.17) is 9.72 Å². The number of pyridine rings is 1. The molecular weight excluding hydrogens is 538 g/mol. The summed E-state index contributed by atoms with van der Waals surface area (Å²) in [6, 6.07) is 13.4. The van der Waals surface area contributed by atoms with Gasteiger partial charge in [-0.3, -0.25) is 4.98 Å². The Kier molecular flexibility index (Phi) is 6.61. The Morgan fingerprint density at radius 1 is 1.07 bits per heavy atom. The van der Waals surface area contributed by atoms with E-state index in [2.05, 4.69) is 10.3 Å². The number of aryl methyl sites for hydroxylation is 2. The van der Waals surface area contributed by atoms with Gasteiger partial charge in [0.2, 0.25) is 0 Å². The lowest BCUT2D eigenvalue weighted by molar-refractivity contribution is -0.259. The first kappa shape index (κ1) is 27.3. The molecule has 214 valence electrons. The molecule has 0 spiro atoms. The molecule has 1 saturated heterocycles. The zero-order valence-electron chi connectivity index (χ0n) is 22.8. The highest BCUT2D eigenvalue weighted by atomic mass is 19.4. The number of halogens is 4. The second-order valence-electron chi connectivity index (χ2n) is 10.8. The highest BCUT2D eigenvalue weighted by Gasteiger charge is 2.53. The number of hydrogen-bond donors (Lipinski definition) is 1. The minimum absolute atomic E-state index is 0.0000978. The first-order valence-corrected chi connectivity index (χ1v) is 13.4. The molecular formula is C30H29F4N5O2. The van der Waals surface area contributed by atoms with Gasteiger partial charge in [-0.25, -0.2) is 9.07 Å². The monoisotopic (exact) mass is 567 g/mol. The largest absolute Gasteiger partial charge is 0.421 e. The number of nitrogens with zero attached hydrogens (tertiary/aromatic N) is 5. The summed E-state index contributed by atoms with van der Waals surface area (Å²) in [6.07, 6.45) is -2.09. The minimum atomic E-state index is -5.09. The number of benzene rings is 2. The Morgan fingerprint density at radius 2 is 1.78 bits per heavy atom. The van der Waals surface area contributed by atoms with Crippen LogP contribution >= 0.6 is 0 Å². The van der Waals surface area contributed by atoms with Gasteiger partial charge < -0.3 is 14.4 Å². The highest BCUT2D eigenvalue weighted by Crippen LogP contribution is 2.45. The molecule has 0 aliphatic carbocycles. The number of fused-ring (bicyclic) bond motifs is 3. The van der Waals surface area contributed by atoms with Gasteiger partial charge in [0, 0.05) is 43.0 Å². The first-order chi connectivity index (χ1) is 19.5. The molecule has 0 bridgehead atoms. The molecule has 3 aromatic heterocycles. The number of rotatable bonds is 5. The van der Waals surface area contributed by atoms with Crippen molar-refractivity contribution in [1.29, 1.82) is 0 Å². The van der Waals surface area contributed by atoms with Crippen molar-refractivity contribution in [1.82, 2.24) is 24.5 Å².